The van der Waals surface area contributed by atoms with Crippen LogP contribution in [0, 0.1) is 12.7 Å². The Labute approximate surface area is 231 Å². The number of likely N-dealkylation sites (N-methyl/N-ethyl adjacent to an activating group) is 1. The summed E-state index contributed by atoms with van der Waals surface area (Å²) in [7, 11) is 3.13. The maximum atomic E-state index is 13.8. The number of carbonyl (C=O) groups is 1. The van der Waals surface area contributed by atoms with Gasteiger partial charge in [0.05, 0.1) is 16.7 Å². The third kappa shape index (κ3) is 7.23. The second-order valence-corrected chi connectivity index (χ2v) is 9.78. The summed E-state index contributed by atoms with van der Waals surface area (Å²) in [5.41, 5.74) is -2.18. The van der Waals surface area contributed by atoms with Crippen molar-refractivity contribution in [1.82, 2.24) is 19.8 Å². The lowest BCUT2D eigenvalue weighted by Crippen LogP contribution is -2.45. The Kier molecular flexibility index (Phi) is 8.43. The molecule has 0 aliphatic carbocycles. The molecule has 1 aliphatic rings. The van der Waals surface area contributed by atoms with Crippen molar-refractivity contribution in [3.8, 4) is 17.0 Å². The van der Waals surface area contributed by atoms with Gasteiger partial charge in [-0.15, -0.1) is 0 Å². The number of anilines is 1. The molecule has 7 nitrogen and oxygen atoms in total. The minimum absolute atomic E-state index is 0.0138. The predicted molar refractivity (Wildman–Crippen MR) is 136 cm³/mol. The summed E-state index contributed by atoms with van der Waals surface area (Å²) in [4.78, 5) is 26.7. The molecule has 1 aliphatic heterocycles. The number of halogens is 7. The van der Waals surface area contributed by atoms with E-state index in [4.69, 9.17) is 4.74 Å². The minimum atomic E-state index is -5.03. The number of aromatic nitrogens is 2. The molecule has 0 spiro atoms. The number of alkyl halides is 6. The number of hydrogen-bond donors (Lipinski definition) is 0. The molecule has 1 amide bonds. The number of benzene rings is 2. The summed E-state index contributed by atoms with van der Waals surface area (Å²) in [6.07, 6.45) is -9.72. The number of nitrogens with zero attached hydrogens (tertiary/aromatic N) is 5. The first-order chi connectivity index (χ1) is 19.1. The molecule has 1 aromatic heterocycles. The summed E-state index contributed by atoms with van der Waals surface area (Å²) in [5.74, 6) is -0.418. The standard InChI is InChI=1S/C27H26F7N5O2/c1-16-10-20(28)4-5-21(16)22-14-35-24(39-8-6-37(2)7-9-39)36-23(22)41-25(40)38(3)15-17-11-18(26(29,30)31)13-19(12-17)27(32,33)34/h4-5,10-14H,6-9,15H2,1-3H3. The number of piperazine rings is 1. The van der Waals surface area contributed by atoms with Gasteiger partial charge in [-0.3, -0.25) is 0 Å². The highest BCUT2D eigenvalue weighted by molar-refractivity contribution is 5.77. The highest BCUT2D eigenvalue weighted by atomic mass is 19.4. The van der Waals surface area contributed by atoms with Crippen molar-refractivity contribution in [3.63, 3.8) is 0 Å². The van der Waals surface area contributed by atoms with Crippen molar-refractivity contribution in [2.45, 2.75) is 25.8 Å². The molecule has 0 atom stereocenters. The van der Waals surface area contributed by atoms with Gasteiger partial charge in [0.2, 0.25) is 11.8 Å². The maximum absolute atomic E-state index is 13.8. The fourth-order valence-corrected chi connectivity index (χ4v) is 4.32. The molecular formula is C27H26F7N5O2. The van der Waals surface area contributed by atoms with Crippen molar-refractivity contribution < 1.29 is 40.3 Å². The van der Waals surface area contributed by atoms with Crippen LogP contribution < -0.4 is 9.64 Å². The van der Waals surface area contributed by atoms with E-state index in [-0.39, 0.29) is 23.5 Å². The smallest absolute Gasteiger partial charge is 0.390 e. The van der Waals surface area contributed by atoms with Gasteiger partial charge < -0.3 is 19.4 Å². The summed E-state index contributed by atoms with van der Waals surface area (Å²) in [6.45, 7) is 3.67. The van der Waals surface area contributed by atoms with Gasteiger partial charge in [0, 0.05) is 46.0 Å². The van der Waals surface area contributed by atoms with E-state index in [1.165, 1.54) is 31.4 Å². The van der Waals surface area contributed by atoms with Gasteiger partial charge >= 0.3 is 18.4 Å². The average molecular weight is 586 g/mol. The molecule has 0 N–H and O–H groups in total. The molecule has 1 saturated heterocycles. The van der Waals surface area contributed by atoms with Gasteiger partial charge in [-0.25, -0.2) is 14.2 Å². The monoisotopic (exact) mass is 585 g/mol. The van der Waals surface area contributed by atoms with Gasteiger partial charge in [0.15, 0.2) is 0 Å². The molecule has 4 rings (SSSR count). The van der Waals surface area contributed by atoms with Crippen LogP contribution in [0.1, 0.15) is 22.3 Å². The molecule has 0 unspecified atom stereocenters. The van der Waals surface area contributed by atoms with Crippen LogP contribution in [0.2, 0.25) is 0 Å². The molecular weight excluding hydrogens is 559 g/mol. The van der Waals surface area contributed by atoms with Crippen molar-refractivity contribution in [1.29, 1.82) is 0 Å². The zero-order valence-corrected chi connectivity index (χ0v) is 22.3. The Morgan fingerprint density at radius 1 is 0.951 bits per heavy atom. The van der Waals surface area contributed by atoms with Gasteiger partial charge in [-0.05, 0) is 61.0 Å². The van der Waals surface area contributed by atoms with Crippen LogP contribution in [0.4, 0.5) is 41.5 Å². The Morgan fingerprint density at radius 3 is 2.12 bits per heavy atom. The number of rotatable bonds is 5. The van der Waals surface area contributed by atoms with Gasteiger partial charge in [-0.1, -0.05) is 6.07 Å². The predicted octanol–water partition coefficient (Wildman–Crippen LogP) is 6.01. The second-order valence-electron chi connectivity index (χ2n) is 9.78. The van der Waals surface area contributed by atoms with Gasteiger partial charge in [0.1, 0.15) is 5.82 Å². The van der Waals surface area contributed by atoms with E-state index < -0.39 is 47.5 Å². The molecule has 3 aromatic rings. The van der Waals surface area contributed by atoms with E-state index in [0.717, 1.165) is 18.0 Å². The maximum Gasteiger partial charge on any atom is 0.416 e. The highest BCUT2D eigenvalue weighted by Gasteiger charge is 2.37. The number of hydrogen-bond acceptors (Lipinski definition) is 6. The Bertz CT molecular complexity index is 1390. The first-order valence-electron chi connectivity index (χ1n) is 12.4. The van der Waals surface area contributed by atoms with Crippen molar-refractivity contribution in [2.24, 2.45) is 0 Å². The fraction of sp³-hybridized carbons (Fsp3) is 0.370. The molecule has 220 valence electrons. The van der Waals surface area contributed by atoms with Crippen LogP contribution in [-0.4, -0.2) is 66.1 Å². The number of amides is 1. The number of carbonyl (C=O) groups excluding carboxylic acids is 1. The fourth-order valence-electron chi connectivity index (χ4n) is 4.32. The summed E-state index contributed by atoms with van der Waals surface area (Å²) in [5, 5.41) is 0. The van der Waals surface area contributed by atoms with Crippen LogP contribution in [0.25, 0.3) is 11.1 Å². The van der Waals surface area contributed by atoms with E-state index in [9.17, 15) is 35.5 Å². The average Bonchev–Trinajstić information content (AvgIpc) is 2.88. The van der Waals surface area contributed by atoms with Crippen LogP contribution in [0.15, 0.2) is 42.6 Å². The quantitative estimate of drug-likeness (QED) is 0.342. The van der Waals surface area contributed by atoms with Crippen molar-refractivity contribution >= 4 is 12.0 Å². The lowest BCUT2D eigenvalue weighted by atomic mass is 10.0. The topological polar surface area (TPSA) is 61.8 Å². The van der Waals surface area contributed by atoms with Crippen LogP contribution in [0.5, 0.6) is 5.88 Å². The van der Waals surface area contributed by atoms with Crippen LogP contribution in [0.3, 0.4) is 0 Å². The molecule has 0 radical (unpaired) electrons. The molecule has 0 saturated carbocycles. The summed E-state index contributed by atoms with van der Waals surface area (Å²) >= 11 is 0. The normalized spacial score (nSPS) is 14.7. The summed E-state index contributed by atoms with van der Waals surface area (Å²) < 4.78 is 99.0. The van der Waals surface area contributed by atoms with Crippen molar-refractivity contribution in [3.05, 3.63) is 70.7 Å². The summed E-state index contributed by atoms with van der Waals surface area (Å²) in [6, 6.07) is 5.04. The molecule has 41 heavy (non-hydrogen) atoms. The lowest BCUT2D eigenvalue weighted by molar-refractivity contribution is -0.143. The second kappa shape index (κ2) is 11.5. The third-order valence-electron chi connectivity index (χ3n) is 6.57. The Morgan fingerprint density at radius 2 is 1.56 bits per heavy atom. The van der Waals surface area contributed by atoms with E-state index in [1.54, 1.807) is 6.92 Å². The molecule has 2 heterocycles. The van der Waals surface area contributed by atoms with Gasteiger partial charge in [-0.2, -0.15) is 31.3 Å². The Balaban J connectivity index is 1.65. The van der Waals surface area contributed by atoms with E-state index in [0.29, 0.717) is 36.3 Å². The van der Waals surface area contributed by atoms with Gasteiger partial charge in [0.25, 0.3) is 0 Å². The van der Waals surface area contributed by atoms with E-state index >= 15 is 0 Å². The van der Waals surface area contributed by atoms with E-state index in [1.807, 2.05) is 11.9 Å². The van der Waals surface area contributed by atoms with Crippen LogP contribution in [-0.2, 0) is 18.9 Å². The first kappa shape index (κ1) is 30.0. The molecule has 0 bridgehead atoms. The van der Waals surface area contributed by atoms with Crippen molar-refractivity contribution in [2.75, 3.05) is 45.2 Å². The molecule has 2 aromatic carbocycles. The highest BCUT2D eigenvalue weighted by Crippen LogP contribution is 2.37. The minimum Gasteiger partial charge on any atom is -0.390 e. The number of ether oxygens (including phenoxy) is 1. The molecule has 1 fully saturated rings. The first-order valence-corrected chi connectivity index (χ1v) is 12.4. The molecule has 14 heteroatoms. The zero-order valence-electron chi connectivity index (χ0n) is 22.3. The van der Waals surface area contributed by atoms with Crippen LogP contribution >= 0.6 is 0 Å². The number of aryl methyl sites for hydroxylation is 1. The lowest BCUT2D eigenvalue weighted by Gasteiger charge is -2.32. The van der Waals surface area contributed by atoms with E-state index in [2.05, 4.69) is 14.9 Å². The Hall–Kier alpha value is -3.94. The SMILES string of the molecule is Cc1cc(F)ccc1-c1cnc(N2CCN(C)CC2)nc1OC(=O)N(C)Cc1cc(C(F)(F)F)cc(C(F)(F)F)c1. The zero-order chi connectivity index (χ0) is 30.1. The largest absolute Gasteiger partial charge is 0.416 e. The third-order valence-corrected chi connectivity index (χ3v) is 6.57.